The average Bonchev–Trinajstić information content (AvgIpc) is 3.97. The first kappa shape index (κ1) is 32.7. The number of carbonyl (C=O) groups excluding carboxylic acids is 2. The fraction of sp³-hybridized carbons (Fsp3) is 0.514. The van der Waals surface area contributed by atoms with Gasteiger partial charge in [0.05, 0.1) is 38.0 Å². The average molecular weight is 642 g/mol. The summed E-state index contributed by atoms with van der Waals surface area (Å²) in [4.78, 5) is 39.9. The number of rotatable bonds is 13. The molecule has 2 aromatic heterocycles. The first-order valence-electron chi connectivity index (χ1n) is 17.2. The highest BCUT2D eigenvalue weighted by Gasteiger charge is 2.35. The quantitative estimate of drug-likeness (QED) is 0.238. The van der Waals surface area contributed by atoms with Gasteiger partial charge in [-0.2, -0.15) is 0 Å². The van der Waals surface area contributed by atoms with Gasteiger partial charge in [-0.15, -0.1) is 0 Å². The Labute approximate surface area is 277 Å². The molecule has 1 amide bonds. The lowest BCUT2D eigenvalue weighted by Crippen LogP contribution is -2.47. The molecule has 3 aliphatic rings. The Morgan fingerprint density at radius 3 is 2.49 bits per heavy atom. The van der Waals surface area contributed by atoms with E-state index in [2.05, 4.69) is 20.2 Å². The SMILES string of the molecule is CCOC(=O)CC(c1ccnc(OCC2CCN(c3cc(OC)ccc3C(=O)N(c3ccccn3)C3CCNCC3)CC2)c1)C1CC1. The minimum absolute atomic E-state index is 0.0304. The number of anilines is 2. The van der Waals surface area contributed by atoms with E-state index in [-0.39, 0.29) is 23.8 Å². The minimum Gasteiger partial charge on any atom is -0.497 e. The van der Waals surface area contributed by atoms with Gasteiger partial charge >= 0.3 is 5.97 Å². The number of piperidine rings is 2. The first-order chi connectivity index (χ1) is 23.0. The molecular weight excluding hydrogens is 594 g/mol. The molecule has 6 rings (SSSR count). The summed E-state index contributed by atoms with van der Waals surface area (Å²) in [6.45, 7) is 6.17. The second-order valence-corrected chi connectivity index (χ2v) is 12.8. The van der Waals surface area contributed by atoms with Crippen LogP contribution < -0.4 is 24.6 Å². The normalized spacial score (nSPS) is 18.0. The fourth-order valence-electron chi connectivity index (χ4n) is 6.96. The third-order valence-corrected chi connectivity index (χ3v) is 9.72. The number of benzene rings is 1. The van der Waals surface area contributed by atoms with Crippen LogP contribution in [-0.2, 0) is 9.53 Å². The van der Waals surface area contributed by atoms with Crippen LogP contribution in [-0.4, -0.2) is 74.4 Å². The second kappa shape index (κ2) is 15.6. The van der Waals surface area contributed by atoms with Gasteiger partial charge < -0.3 is 24.4 Å². The van der Waals surface area contributed by atoms with Crippen LogP contribution in [0, 0.1) is 11.8 Å². The molecule has 1 saturated carbocycles. The summed E-state index contributed by atoms with van der Waals surface area (Å²) in [5.41, 5.74) is 2.66. The monoisotopic (exact) mass is 641 g/mol. The van der Waals surface area contributed by atoms with Crippen molar-refractivity contribution in [3.63, 3.8) is 0 Å². The van der Waals surface area contributed by atoms with Crippen molar-refractivity contribution in [2.75, 3.05) is 56.3 Å². The highest BCUT2D eigenvalue weighted by molar-refractivity contribution is 6.10. The number of nitrogens with zero attached hydrogens (tertiary/aromatic N) is 4. The Morgan fingerprint density at radius 2 is 1.79 bits per heavy atom. The molecular formula is C37H47N5O5. The zero-order chi connectivity index (χ0) is 32.6. The molecule has 0 bridgehead atoms. The second-order valence-electron chi connectivity index (χ2n) is 12.8. The van der Waals surface area contributed by atoms with E-state index in [1.807, 2.05) is 60.4 Å². The van der Waals surface area contributed by atoms with Crippen LogP contribution in [0.25, 0.3) is 0 Å². The van der Waals surface area contributed by atoms with Gasteiger partial charge in [-0.05, 0) is 112 Å². The van der Waals surface area contributed by atoms with E-state index in [9.17, 15) is 9.59 Å². The Hall–Kier alpha value is -4.18. The van der Waals surface area contributed by atoms with Gasteiger partial charge in [0.15, 0.2) is 0 Å². The number of carbonyl (C=O) groups is 2. The van der Waals surface area contributed by atoms with Crippen molar-refractivity contribution < 1.29 is 23.8 Å². The summed E-state index contributed by atoms with van der Waals surface area (Å²) < 4.78 is 17.1. The third kappa shape index (κ3) is 8.22. The van der Waals surface area contributed by atoms with Gasteiger partial charge in [0.1, 0.15) is 11.6 Å². The molecule has 0 radical (unpaired) electrons. The van der Waals surface area contributed by atoms with Crippen molar-refractivity contribution in [1.29, 1.82) is 0 Å². The molecule has 3 fully saturated rings. The molecule has 2 saturated heterocycles. The van der Waals surface area contributed by atoms with Crippen LogP contribution in [0.1, 0.15) is 73.7 Å². The lowest BCUT2D eigenvalue weighted by atomic mass is 9.92. The van der Waals surface area contributed by atoms with Gasteiger partial charge in [0.25, 0.3) is 5.91 Å². The number of nitrogens with one attached hydrogen (secondary N) is 1. The number of methoxy groups -OCH3 is 1. The van der Waals surface area contributed by atoms with Crippen LogP contribution >= 0.6 is 0 Å². The molecule has 1 aromatic carbocycles. The van der Waals surface area contributed by atoms with Gasteiger partial charge in [0, 0.05) is 43.7 Å². The minimum atomic E-state index is -0.146. The maximum atomic E-state index is 14.4. The Bertz CT molecular complexity index is 1490. The molecule has 0 spiro atoms. The van der Waals surface area contributed by atoms with Crippen LogP contribution in [0.4, 0.5) is 11.5 Å². The highest BCUT2D eigenvalue weighted by atomic mass is 16.5. The largest absolute Gasteiger partial charge is 0.497 e. The van der Waals surface area contributed by atoms with Gasteiger partial charge in [-0.1, -0.05) is 6.07 Å². The molecule has 1 N–H and O–H groups in total. The smallest absolute Gasteiger partial charge is 0.306 e. The van der Waals surface area contributed by atoms with Crippen molar-refractivity contribution in [2.24, 2.45) is 11.8 Å². The van der Waals surface area contributed by atoms with E-state index in [0.29, 0.717) is 48.7 Å². The Balaban J connectivity index is 1.12. The molecule has 1 unspecified atom stereocenters. The number of hydrogen-bond donors (Lipinski definition) is 1. The van der Waals surface area contributed by atoms with E-state index in [1.54, 1.807) is 19.5 Å². The molecule has 2 aliphatic heterocycles. The molecule has 10 heteroatoms. The number of ether oxygens (including phenoxy) is 3. The standard InChI is InChI=1S/C37H47N5O5/c1-3-46-36(43)24-32(27-7-8-27)28-11-19-40-35(22-28)47-25-26-14-20-41(21-15-26)33-23-30(45-2)9-10-31(33)37(44)42(29-12-17-38-18-13-29)34-6-4-5-16-39-34/h4-6,9-11,16,19,22-23,26-27,29,32,38H,3,7-8,12-15,17-18,20-21,24-25H2,1-2H3. The van der Waals surface area contributed by atoms with E-state index < -0.39 is 0 Å². The van der Waals surface area contributed by atoms with Crippen LogP contribution in [0.15, 0.2) is 60.9 Å². The maximum Gasteiger partial charge on any atom is 0.306 e. The number of esters is 1. The zero-order valence-corrected chi connectivity index (χ0v) is 27.6. The number of hydrogen-bond acceptors (Lipinski definition) is 9. The molecule has 250 valence electrons. The molecule has 47 heavy (non-hydrogen) atoms. The van der Waals surface area contributed by atoms with Crippen molar-refractivity contribution in [3.05, 3.63) is 72.1 Å². The molecule has 1 aliphatic carbocycles. The fourth-order valence-corrected chi connectivity index (χ4v) is 6.96. The first-order valence-corrected chi connectivity index (χ1v) is 17.2. The summed E-state index contributed by atoms with van der Waals surface area (Å²) in [5.74, 6) is 2.86. The third-order valence-electron chi connectivity index (χ3n) is 9.72. The molecule has 3 aromatic rings. The van der Waals surface area contributed by atoms with Gasteiger partial charge in [-0.25, -0.2) is 9.97 Å². The molecule has 1 atom stereocenters. The Kier molecular flexibility index (Phi) is 10.9. The van der Waals surface area contributed by atoms with Crippen LogP contribution in [0.5, 0.6) is 11.6 Å². The van der Waals surface area contributed by atoms with Crippen molar-refractivity contribution in [3.8, 4) is 11.6 Å². The number of amides is 1. The van der Waals surface area contributed by atoms with Crippen molar-refractivity contribution in [1.82, 2.24) is 15.3 Å². The van der Waals surface area contributed by atoms with E-state index in [0.717, 1.165) is 81.7 Å². The maximum absolute atomic E-state index is 14.4. The summed E-state index contributed by atoms with van der Waals surface area (Å²) in [7, 11) is 1.66. The number of pyridine rings is 2. The number of aromatic nitrogens is 2. The van der Waals surface area contributed by atoms with Crippen LogP contribution in [0.3, 0.4) is 0 Å². The lowest BCUT2D eigenvalue weighted by molar-refractivity contribution is -0.143. The zero-order valence-electron chi connectivity index (χ0n) is 27.6. The van der Waals surface area contributed by atoms with E-state index in [4.69, 9.17) is 14.2 Å². The van der Waals surface area contributed by atoms with Gasteiger partial charge in [0.2, 0.25) is 5.88 Å². The highest BCUT2D eigenvalue weighted by Crippen LogP contribution is 2.45. The predicted molar refractivity (Wildman–Crippen MR) is 181 cm³/mol. The van der Waals surface area contributed by atoms with E-state index >= 15 is 0 Å². The van der Waals surface area contributed by atoms with Gasteiger partial charge in [-0.3, -0.25) is 14.5 Å². The summed E-state index contributed by atoms with van der Waals surface area (Å²) >= 11 is 0. The van der Waals surface area contributed by atoms with Crippen LogP contribution in [0.2, 0.25) is 0 Å². The van der Waals surface area contributed by atoms with Crippen molar-refractivity contribution in [2.45, 2.75) is 63.8 Å². The summed E-state index contributed by atoms with van der Waals surface area (Å²) in [6.07, 6.45) is 9.82. The molecule has 10 nitrogen and oxygen atoms in total. The van der Waals surface area contributed by atoms with Crippen molar-refractivity contribution >= 4 is 23.4 Å². The summed E-state index contributed by atoms with van der Waals surface area (Å²) in [5, 5.41) is 3.41. The summed E-state index contributed by atoms with van der Waals surface area (Å²) in [6, 6.07) is 15.6. The lowest BCUT2D eigenvalue weighted by Gasteiger charge is -2.37. The predicted octanol–water partition coefficient (Wildman–Crippen LogP) is 5.63. The molecule has 4 heterocycles. The topological polar surface area (TPSA) is 106 Å². The Morgan fingerprint density at radius 1 is 0.979 bits per heavy atom. The van der Waals surface area contributed by atoms with E-state index in [1.165, 1.54) is 0 Å².